The fraction of sp³-hybridized carbons (Fsp3) is 0.0588. The maximum atomic E-state index is 14.9. The minimum absolute atomic E-state index is 0. The predicted octanol–water partition coefficient (Wildman–Crippen LogP) is 4.16. The van der Waals surface area contributed by atoms with Crippen LogP contribution in [0.2, 0.25) is 0 Å². The Kier molecular flexibility index (Phi) is 3.51. The largest absolute Gasteiger partial charge is 0.304 e. The first-order valence-electron chi connectivity index (χ1n) is 6.47. The zero-order chi connectivity index (χ0) is 15.5. The summed E-state index contributed by atoms with van der Waals surface area (Å²) >= 11 is 0. The van der Waals surface area contributed by atoms with Crippen molar-refractivity contribution in [3.63, 3.8) is 0 Å². The number of alkyl halides is 2. The van der Waals surface area contributed by atoms with Gasteiger partial charge in [0.2, 0.25) is 0 Å². The fourth-order valence-electron chi connectivity index (χ4n) is 2.95. The Labute approximate surface area is 142 Å². The molecule has 0 saturated heterocycles. The van der Waals surface area contributed by atoms with E-state index in [-0.39, 0.29) is 31.2 Å². The van der Waals surface area contributed by atoms with Gasteiger partial charge in [0.25, 0.3) is 5.92 Å². The average Bonchev–Trinajstić information content (AvgIpc) is 2.52. The number of halogens is 3. The van der Waals surface area contributed by atoms with Crippen LogP contribution in [0.4, 0.5) is 13.2 Å². The van der Waals surface area contributed by atoms with Gasteiger partial charge in [-0.25, -0.2) is 8.78 Å². The first-order chi connectivity index (χ1) is 10.6. The third-order valence-corrected chi connectivity index (χ3v) is 3.87. The second-order valence-electron chi connectivity index (χ2n) is 5.01. The number of benzene rings is 2. The number of aromatic nitrogens is 1. The molecular formula is C17H6F3IrN2-. The molecule has 0 spiro atoms. The molecule has 0 unspecified atom stereocenters. The Hall–Kier alpha value is -2.22. The van der Waals surface area contributed by atoms with Gasteiger partial charge in [0.15, 0.2) is 0 Å². The molecule has 4 rings (SSSR count). The van der Waals surface area contributed by atoms with E-state index in [4.69, 9.17) is 5.26 Å². The van der Waals surface area contributed by atoms with E-state index in [1.807, 2.05) is 0 Å². The molecule has 1 heterocycles. The third kappa shape index (κ3) is 1.94. The van der Waals surface area contributed by atoms with Gasteiger partial charge in [-0.3, -0.25) is 4.39 Å². The van der Waals surface area contributed by atoms with Crippen LogP contribution < -0.4 is 0 Å². The summed E-state index contributed by atoms with van der Waals surface area (Å²) in [5, 5.41) is 10.0. The normalized spacial score (nSPS) is 13.8. The molecule has 1 aliphatic carbocycles. The van der Waals surface area contributed by atoms with E-state index in [1.165, 1.54) is 24.4 Å². The van der Waals surface area contributed by atoms with Gasteiger partial charge in [-0.1, -0.05) is 18.2 Å². The maximum Gasteiger partial charge on any atom is 0.268 e. The van der Waals surface area contributed by atoms with E-state index in [0.717, 1.165) is 6.07 Å². The van der Waals surface area contributed by atoms with E-state index in [1.54, 1.807) is 12.1 Å². The van der Waals surface area contributed by atoms with Crippen molar-refractivity contribution in [1.29, 1.82) is 5.26 Å². The summed E-state index contributed by atoms with van der Waals surface area (Å²) in [6, 6.07) is 11.1. The molecule has 0 amide bonds. The van der Waals surface area contributed by atoms with Crippen LogP contribution in [0.15, 0.2) is 36.5 Å². The summed E-state index contributed by atoms with van der Waals surface area (Å²) in [5.74, 6) is -4.48. The summed E-state index contributed by atoms with van der Waals surface area (Å²) in [6.45, 7) is 0. The molecule has 0 saturated carbocycles. The molecule has 1 radical (unpaired) electrons. The molecule has 3 aromatic rings. The molecule has 115 valence electrons. The number of rotatable bonds is 0. The second kappa shape index (κ2) is 5.16. The molecular weight excluding hydrogens is 481 g/mol. The SMILES string of the molecule is N#Cc1c(F)c[c-]c2c1C(F)(F)c1cccc3ccnc-2c13.[Ir]. The Balaban J connectivity index is 0.00000156. The van der Waals surface area contributed by atoms with Crippen molar-refractivity contribution in [2.45, 2.75) is 5.92 Å². The standard InChI is InChI=1S/C17H6F3N2.Ir/c18-13-5-4-10-15(11(13)8-21)17(19,20)12-3-1-2-9-6-7-22-16(10)14(9)12;/h1-3,5-7H;/q-1;. The Bertz CT molecular complexity index is 988. The van der Waals surface area contributed by atoms with Crippen molar-refractivity contribution in [3.05, 3.63) is 65.1 Å². The maximum absolute atomic E-state index is 14.9. The Morgan fingerprint density at radius 2 is 2.00 bits per heavy atom. The van der Waals surface area contributed by atoms with Crippen LogP contribution in [0.25, 0.3) is 22.0 Å². The molecule has 6 heteroatoms. The summed E-state index contributed by atoms with van der Waals surface area (Å²) in [5.41, 5.74) is -1.31. The van der Waals surface area contributed by atoms with Gasteiger partial charge in [0, 0.05) is 37.4 Å². The van der Waals surface area contributed by atoms with Crippen molar-refractivity contribution in [2.24, 2.45) is 0 Å². The Morgan fingerprint density at radius 3 is 2.74 bits per heavy atom. The summed E-state index contributed by atoms with van der Waals surface area (Å²) in [7, 11) is 0. The van der Waals surface area contributed by atoms with Gasteiger partial charge in [-0.2, -0.15) is 5.26 Å². The van der Waals surface area contributed by atoms with Gasteiger partial charge >= 0.3 is 0 Å². The van der Waals surface area contributed by atoms with E-state index < -0.39 is 22.9 Å². The Morgan fingerprint density at radius 1 is 1.22 bits per heavy atom. The zero-order valence-electron chi connectivity index (χ0n) is 11.3. The predicted molar refractivity (Wildman–Crippen MR) is 73.7 cm³/mol. The van der Waals surface area contributed by atoms with Crippen LogP contribution in [0.5, 0.6) is 0 Å². The number of pyridine rings is 1. The number of nitrogens with zero attached hydrogens (tertiary/aromatic N) is 2. The number of fused-ring (bicyclic) bond motifs is 2. The number of nitriles is 1. The van der Waals surface area contributed by atoms with E-state index >= 15 is 0 Å². The average molecular weight is 487 g/mol. The molecule has 0 N–H and O–H groups in total. The molecule has 1 aliphatic rings. The molecule has 0 bridgehead atoms. The molecule has 0 atom stereocenters. The van der Waals surface area contributed by atoms with Crippen LogP contribution in [0, 0.1) is 23.2 Å². The smallest absolute Gasteiger partial charge is 0.268 e. The van der Waals surface area contributed by atoms with Crippen molar-refractivity contribution >= 4 is 10.8 Å². The van der Waals surface area contributed by atoms with E-state index in [0.29, 0.717) is 16.5 Å². The van der Waals surface area contributed by atoms with Crippen LogP contribution in [-0.4, -0.2) is 4.98 Å². The molecule has 0 aliphatic heterocycles. The van der Waals surface area contributed by atoms with Crippen molar-refractivity contribution < 1.29 is 33.3 Å². The fourth-order valence-corrected chi connectivity index (χ4v) is 2.95. The summed E-state index contributed by atoms with van der Waals surface area (Å²) in [4.78, 5) is 4.15. The van der Waals surface area contributed by atoms with Crippen LogP contribution in [-0.2, 0) is 26.0 Å². The zero-order valence-corrected chi connectivity index (χ0v) is 13.7. The first kappa shape index (κ1) is 15.7. The molecule has 2 aromatic carbocycles. The molecule has 0 fully saturated rings. The van der Waals surface area contributed by atoms with Gasteiger partial charge < -0.3 is 4.98 Å². The quantitative estimate of drug-likeness (QED) is 0.447. The summed E-state index contributed by atoms with van der Waals surface area (Å²) < 4.78 is 43.6. The second-order valence-corrected chi connectivity index (χ2v) is 5.01. The topological polar surface area (TPSA) is 36.7 Å². The van der Waals surface area contributed by atoms with Crippen LogP contribution >= 0.6 is 0 Å². The number of hydrogen-bond donors (Lipinski definition) is 0. The van der Waals surface area contributed by atoms with E-state index in [9.17, 15) is 13.2 Å². The number of hydrogen-bond acceptors (Lipinski definition) is 2. The minimum atomic E-state index is -3.48. The monoisotopic (exact) mass is 488 g/mol. The molecule has 2 nitrogen and oxygen atoms in total. The van der Waals surface area contributed by atoms with Gasteiger partial charge in [-0.15, -0.1) is 17.7 Å². The van der Waals surface area contributed by atoms with Crippen molar-refractivity contribution in [2.75, 3.05) is 0 Å². The van der Waals surface area contributed by atoms with Gasteiger partial charge in [0.05, 0.1) is 11.9 Å². The van der Waals surface area contributed by atoms with Gasteiger partial charge in [-0.05, 0) is 28.1 Å². The molecule has 1 aromatic heterocycles. The van der Waals surface area contributed by atoms with Gasteiger partial charge in [0.1, 0.15) is 0 Å². The van der Waals surface area contributed by atoms with E-state index in [2.05, 4.69) is 11.1 Å². The van der Waals surface area contributed by atoms with Crippen molar-refractivity contribution in [3.8, 4) is 17.3 Å². The van der Waals surface area contributed by atoms with Crippen LogP contribution in [0.1, 0.15) is 16.7 Å². The minimum Gasteiger partial charge on any atom is -0.304 e. The van der Waals surface area contributed by atoms with Crippen LogP contribution in [0.3, 0.4) is 0 Å². The first-order valence-corrected chi connectivity index (χ1v) is 6.47. The van der Waals surface area contributed by atoms with Crippen molar-refractivity contribution in [1.82, 2.24) is 4.98 Å². The molecule has 23 heavy (non-hydrogen) atoms. The summed E-state index contributed by atoms with van der Waals surface area (Å²) in [6.07, 6.45) is 1.50. The third-order valence-electron chi connectivity index (χ3n) is 3.87.